The number of aromatic nitrogens is 1. The van der Waals surface area contributed by atoms with Crippen LogP contribution in [0.5, 0.6) is 0 Å². The molecule has 3 heterocycles. The highest BCUT2D eigenvalue weighted by Gasteiger charge is 2.24. The topological polar surface area (TPSA) is 65.8 Å². The van der Waals surface area contributed by atoms with Crippen LogP contribution in [-0.2, 0) is 6.54 Å². The summed E-state index contributed by atoms with van der Waals surface area (Å²) in [5, 5.41) is 11.6. The van der Waals surface area contributed by atoms with Crippen molar-refractivity contribution in [3.8, 4) is 0 Å². The van der Waals surface area contributed by atoms with Gasteiger partial charge in [0, 0.05) is 42.5 Å². The standard InChI is InChI=1S/C13H11N3O2S/c1-16-6-9-10(13(17)18)7-19-12(9)15-11(16)8-3-2-4-14-5-8/h2-5,7H,6H2,1H3,(H,17,18). The molecule has 2 aromatic heterocycles. The van der Waals surface area contributed by atoms with Crippen LogP contribution in [0.2, 0.25) is 0 Å². The van der Waals surface area contributed by atoms with E-state index < -0.39 is 5.97 Å². The number of hydrogen-bond acceptors (Lipinski definition) is 5. The molecular formula is C13H11N3O2S. The van der Waals surface area contributed by atoms with Gasteiger partial charge in [-0.25, -0.2) is 9.79 Å². The Bertz CT molecular complexity index is 664. The molecule has 0 saturated heterocycles. The van der Waals surface area contributed by atoms with E-state index in [9.17, 15) is 4.79 Å². The molecule has 0 saturated carbocycles. The summed E-state index contributed by atoms with van der Waals surface area (Å²) in [7, 11) is 1.90. The van der Waals surface area contributed by atoms with E-state index in [1.807, 2.05) is 24.1 Å². The molecule has 0 unspecified atom stereocenters. The van der Waals surface area contributed by atoms with Crippen molar-refractivity contribution in [2.45, 2.75) is 6.54 Å². The summed E-state index contributed by atoms with van der Waals surface area (Å²) in [6, 6.07) is 3.80. The molecule has 0 aliphatic carbocycles. The van der Waals surface area contributed by atoms with Crippen molar-refractivity contribution in [1.29, 1.82) is 0 Å². The minimum Gasteiger partial charge on any atom is -0.478 e. The van der Waals surface area contributed by atoms with E-state index >= 15 is 0 Å². The van der Waals surface area contributed by atoms with Gasteiger partial charge >= 0.3 is 5.97 Å². The quantitative estimate of drug-likeness (QED) is 0.912. The second kappa shape index (κ2) is 4.47. The Balaban J connectivity index is 2.08. The third-order valence-corrected chi connectivity index (χ3v) is 3.90. The van der Waals surface area contributed by atoms with E-state index in [-0.39, 0.29) is 0 Å². The third kappa shape index (κ3) is 2.00. The van der Waals surface area contributed by atoms with Gasteiger partial charge in [0.1, 0.15) is 10.8 Å². The fraction of sp³-hybridized carbons (Fsp3) is 0.154. The number of carboxylic acids is 1. The lowest BCUT2D eigenvalue weighted by Crippen LogP contribution is -2.30. The second-order valence-corrected chi connectivity index (χ2v) is 5.13. The number of amidine groups is 1. The fourth-order valence-corrected chi connectivity index (χ4v) is 3.00. The van der Waals surface area contributed by atoms with Crippen LogP contribution in [0.3, 0.4) is 0 Å². The van der Waals surface area contributed by atoms with E-state index in [1.165, 1.54) is 11.3 Å². The Morgan fingerprint density at radius 2 is 2.37 bits per heavy atom. The van der Waals surface area contributed by atoms with Crippen LogP contribution in [0.15, 0.2) is 34.9 Å². The number of carboxylic acid groups (broad SMARTS) is 1. The van der Waals surface area contributed by atoms with E-state index in [0.29, 0.717) is 12.1 Å². The van der Waals surface area contributed by atoms with E-state index in [4.69, 9.17) is 5.11 Å². The summed E-state index contributed by atoms with van der Waals surface area (Å²) in [5.41, 5.74) is 2.06. The maximum atomic E-state index is 11.1. The lowest BCUT2D eigenvalue weighted by molar-refractivity contribution is 0.0696. The first-order chi connectivity index (χ1) is 9.16. The molecule has 3 rings (SSSR count). The Labute approximate surface area is 113 Å². The average Bonchev–Trinajstić information content (AvgIpc) is 2.81. The first-order valence-electron chi connectivity index (χ1n) is 5.70. The fourth-order valence-electron chi connectivity index (χ4n) is 2.07. The number of carbonyl (C=O) groups is 1. The molecule has 5 nitrogen and oxygen atoms in total. The minimum atomic E-state index is -0.897. The van der Waals surface area contributed by atoms with Crippen LogP contribution in [0.1, 0.15) is 21.5 Å². The number of aliphatic imine (C=N–C) groups is 1. The minimum absolute atomic E-state index is 0.348. The molecule has 1 N–H and O–H groups in total. The molecule has 6 heteroatoms. The lowest BCUT2D eigenvalue weighted by atomic mass is 10.1. The van der Waals surface area contributed by atoms with E-state index in [0.717, 1.165) is 22.0 Å². The van der Waals surface area contributed by atoms with E-state index in [1.54, 1.807) is 17.8 Å². The van der Waals surface area contributed by atoms with Gasteiger partial charge in [-0.2, -0.15) is 0 Å². The number of fused-ring (bicyclic) bond motifs is 1. The summed E-state index contributed by atoms with van der Waals surface area (Å²) >= 11 is 1.37. The normalized spacial score (nSPS) is 13.9. The molecule has 0 spiro atoms. The number of rotatable bonds is 2. The van der Waals surface area contributed by atoms with Crippen LogP contribution < -0.4 is 0 Å². The van der Waals surface area contributed by atoms with Gasteiger partial charge in [-0.15, -0.1) is 11.3 Å². The highest BCUT2D eigenvalue weighted by atomic mass is 32.1. The van der Waals surface area contributed by atoms with Crippen molar-refractivity contribution in [2.24, 2.45) is 4.99 Å². The van der Waals surface area contributed by atoms with E-state index in [2.05, 4.69) is 9.98 Å². The summed E-state index contributed by atoms with van der Waals surface area (Å²) in [6.45, 7) is 0.550. The molecule has 2 aromatic rings. The van der Waals surface area contributed by atoms with Crippen LogP contribution in [0.4, 0.5) is 5.00 Å². The van der Waals surface area contributed by atoms with Crippen molar-refractivity contribution in [2.75, 3.05) is 7.05 Å². The first-order valence-corrected chi connectivity index (χ1v) is 6.58. The lowest BCUT2D eigenvalue weighted by Gasteiger charge is -2.25. The zero-order valence-corrected chi connectivity index (χ0v) is 11.0. The summed E-state index contributed by atoms with van der Waals surface area (Å²) in [4.78, 5) is 21.7. The van der Waals surface area contributed by atoms with Gasteiger partial charge in [-0.05, 0) is 12.1 Å². The molecule has 0 aromatic carbocycles. The molecule has 1 aliphatic heterocycles. The Hall–Kier alpha value is -2.21. The van der Waals surface area contributed by atoms with Crippen molar-refractivity contribution < 1.29 is 9.90 Å². The monoisotopic (exact) mass is 273 g/mol. The van der Waals surface area contributed by atoms with Gasteiger partial charge < -0.3 is 10.0 Å². The van der Waals surface area contributed by atoms with Gasteiger partial charge in [0.2, 0.25) is 0 Å². The molecule has 0 fully saturated rings. The van der Waals surface area contributed by atoms with Crippen LogP contribution >= 0.6 is 11.3 Å². The highest BCUT2D eigenvalue weighted by Crippen LogP contribution is 2.35. The number of hydrogen-bond donors (Lipinski definition) is 1. The predicted octanol–water partition coefficient (Wildman–Crippen LogP) is 2.37. The van der Waals surface area contributed by atoms with Crippen molar-refractivity contribution in [1.82, 2.24) is 9.88 Å². The van der Waals surface area contributed by atoms with Crippen LogP contribution in [0.25, 0.3) is 0 Å². The Morgan fingerprint density at radius 1 is 1.53 bits per heavy atom. The molecule has 0 radical (unpaired) electrons. The number of aromatic carboxylic acids is 1. The van der Waals surface area contributed by atoms with Gasteiger partial charge in [0.15, 0.2) is 0 Å². The smallest absolute Gasteiger partial charge is 0.336 e. The van der Waals surface area contributed by atoms with Gasteiger partial charge in [0.05, 0.1) is 5.56 Å². The summed E-state index contributed by atoms with van der Waals surface area (Å²) in [5.74, 6) is -0.0784. The zero-order chi connectivity index (χ0) is 13.4. The maximum Gasteiger partial charge on any atom is 0.336 e. The zero-order valence-electron chi connectivity index (χ0n) is 10.2. The number of nitrogens with zero attached hydrogens (tertiary/aromatic N) is 3. The Kier molecular flexibility index (Phi) is 2.79. The first kappa shape index (κ1) is 11.9. The highest BCUT2D eigenvalue weighted by molar-refractivity contribution is 7.14. The average molecular weight is 273 g/mol. The SMILES string of the molecule is CN1Cc2c(C(=O)O)csc2N=C1c1cccnc1. The maximum absolute atomic E-state index is 11.1. The van der Waals surface area contributed by atoms with Crippen LogP contribution in [0, 0.1) is 0 Å². The molecule has 0 atom stereocenters. The van der Waals surface area contributed by atoms with Crippen molar-refractivity contribution in [3.05, 3.63) is 46.6 Å². The van der Waals surface area contributed by atoms with Gasteiger partial charge in [0.25, 0.3) is 0 Å². The molecular weight excluding hydrogens is 262 g/mol. The molecule has 19 heavy (non-hydrogen) atoms. The molecule has 0 amide bonds. The predicted molar refractivity (Wildman–Crippen MR) is 73.2 cm³/mol. The largest absolute Gasteiger partial charge is 0.478 e. The third-order valence-electron chi connectivity index (χ3n) is 2.99. The second-order valence-electron chi connectivity index (χ2n) is 4.27. The van der Waals surface area contributed by atoms with Gasteiger partial charge in [-0.3, -0.25) is 4.98 Å². The summed E-state index contributed by atoms with van der Waals surface area (Å²) < 4.78 is 0. The molecule has 1 aliphatic rings. The molecule has 96 valence electrons. The van der Waals surface area contributed by atoms with Crippen molar-refractivity contribution in [3.63, 3.8) is 0 Å². The Morgan fingerprint density at radius 3 is 3.05 bits per heavy atom. The van der Waals surface area contributed by atoms with Crippen LogP contribution in [-0.4, -0.2) is 33.8 Å². The van der Waals surface area contributed by atoms with Crippen molar-refractivity contribution >= 4 is 28.1 Å². The summed E-state index contributed by atoms with van der Waals surface area (Å²) in [6.07, 6.45) is 3.47. The van der Waals surface area contributed by atoms with Gasteiger partial charge in [-0.1, -0.05) is 0 Å². The molecule has 0 bridgehead atoms. The number of thiophene rings is 1. The number of pyridine rings is 1.